The van der Waals surface area contributed by atoms with Gasteiger partial charge in [-0.05, 0) is 12.8 Å². The van der Waals surface area contributed by atoms with Gasteiger partial charge in [0.15, 0.2) is 0 Å². The van der Waals surface area contributed by atoms with Gasteiger partial charge in [-0.3, -0.25) is 4.57 Å². The molecule has 0 amide bonds. The molecule has 0 bridgehead atoms. The molecule has 396 valence electrons. The summed E-state index contributed by atoms with van der Waals surface area (Å²) in [5.41, 5.74) is 0. The van der Waals surface area contributed by atoms with Crippen LogP contribution < -0.4 is 0 Å². The highest BCUT2D eigenvalue weighted by molar-refractivity contribution is 7.57. The molecule has 0 rings (SSSR count). The molecule has 0 fully saturated rings. The summed E-state index contributed by atoms with van der Waals surface area (Å²) >= 11 is 0. The second-order valence-corrected chi connectivity index (χ2v) is 23.6. The van der Waals surface area contributed by atoms with Crippen molar-refractivity contribution in [2.75, 3.05) is 14.2 Å². The molecule has 0 aliphatic rings. The number of allylic oxidation sites excluding steroid dienone is 1. The summed E-state index contributed by atoms with van der Waals surface area (Å²) in [5, 5.41) is 0. The van der Waals surface area contributed by atoms with Crippen LogP contribution in [0.1, 0.15) is 373 Å². The molecular weight excluding hydrogens is 824 g/mol. The van der Waals surface area contributed by atoms with E-state index in [1.54, 1.807) is 5.82 Å². The molecule has 66 heavy (non-hydrogen) atoms. The molecule has 0 aromatic carbocycles. The Morgan fingerprint density at radius 3 is 0.515 bits per heavy atom. The molecule has 0 radical (unpaired) electrons. The van der Waals surface area contributed by atoms with E-state index in [0.29, 0.717) is 0 Å². The van der Waals surface area contributed by atoms with Crippen molar-refractivity contribution in [2.45, 2.75) is 373 Å². The zero-order valence-corrected chi connectivity index (χ0v) is 47.0. The maximum absolute atomic E-state index is 11.9. The smallest absolute Gasteiger partial charge is 0.309 e. The molecule has 0 spiro atoms. The minimum Gasteiger partial charge on any atom is -0.309 e. The lowest BCUT2D eigenvalue weighted by Crippen LogP contribution is -1.85. The quantitative estimate of drug-likeness (QED) is 0.0450. The molecule has 0 saturated heterocycles. The summed E-state index contributed by atoms with van der Waals surface area (Å²) in [6, 6.07) is 0. The van der Waals surface area contributed by atoms with Gasteiger partial charge in [0.05, 0.1) is 0 Å². The van der Waals surface area contributed by atoms with Crippen molar-refractivity contribution in [2.24, 2.45) is 0 Å². The minimum absolute atomic E-state index is 0.955. The molecule has 0 aliphatic carbocycles. The molecule has 0 saturated carbocycles. The topological polar surface area (TPSA) is 35.5 Å². The van der Waals surface area contributed by atoms with Crippen molar-refractivity contribution in [3.8, 4) is 0 Å². The summed E-state index contributed by atoms with van der Waals surface area (Å²) < 4.78 is 21.8. The van der Waals surface area contributed by atoms with Gasteiger partial charge in [-0.25, -0.2) is 0 Å². The Morgan fingerprint density at radius 1 is 0.242 bits per heavy atom. The highest BCUT2D eigenvalue weighted by Gasteiger charge is 2.14. The van der Waals surface area contributed by atoms with Crippen LogP contribution >= 0.6 is 7.60 Å². The molecule has 0 N–H and O–H groups in total. The molecule has 0 aromatic heterocycles. The first-order valence-corrected chi connectivity index (χ1v) is 32.7. The van der Waals surface area contributed by atoms with Gasteiger partial charge >= 0.3 is 7.60 Å². The third-order valence-corrected chi connectivity index (χ3v) is 16.6. The number of unbranched alkanes of at least 4 members (excludes halogenated alkanes) is 56. The maximum Gasteiger partial charge on any atom is 0.353 e. The second kappa shape index (κ2) is 59.2. The van der Waals surface area contributed by atoms with Crippen LogP contribution in [0, 0.1) is 0 Å². The lowest BCUT2D eigenvalue weighted by atomic mass is 10.0. The fourth-order valence-electron chi connectivity index (χ4n) is 10.3. The highest BCUT2D eigenvalue weighted by atomic mass is 31.2. The number of hydrogen-bond donors (Lipinski definition) is 0. The van der Waals surface area contributed by atoms with Crippen molar-refractivity contribution in [3.63, 3.8) is 0 Å². The fraction of sp³-hybridized carbons (Fsp3) is 0.968. The first kappa shape index (κ1) is 65.9. The van der Waals surface area contributed by atoms with Gasteiger partial charge in [-0.15, -0.1) is 0 Å². The third-order valence-electron chi connectivity index (χ3n) is 15.0. The summed E-state index contributed by atoms with van der Waals surface area (Å²) in [6.45, 7) is 2.31. The van der Waals surface area contributed by atoms with Crippen LogP contribution in [0.3, 0.4) is 0 Å². The highest BCUT2D eigenvalue weighted by Crippen LogP contribution is 2.48. The Balaban J connectivity index is 3.10. The average molecular weight is 950 g/mol. The van der Waals surface area contributed by atoms with E-state index in [4.69, 9.17) is 9.05 Å². The first-order valence-electron chi connectivity index (χ1n) is 31.1. The van der Waals surface area contributed by atoms with Gasteiger partial charge in [0, 0.05) is 20.0 Å². The van der Waals surface area contributed by atoms with E-state index in [0.717, 1.165) is 12.8 Å². The summed E-state index contributed by atoms with van der Waals surface area (Å²) in [5.74, 6) is 1.60. The van der Waals surface area contributed by atoms with Gasteiger partial charge in [0.25, 0.3) is 0 Å². The first-order chi connectivity index (χ1) is 32.7. The zero-order valence-electron chi connectivity index (χ0n) is 46.1. The summed E-state index contributed by atoms with van der Waals surface area (Å²) in [4.78, 5) is 0. The Bertz CT molecular complexity index is 926. The Hall–Kier alpha value is -0.110. The lowest BCUT2D eigenvalue weighted by Gasteiger charge is -2.07. The average Bonchev–Trinajstić information content (AvgIpc) is 3.33. The Labute approximate surface area is 418 Å². The van der Waals surface area contributed by atoms with Crippen LogP contribution in [0.25, 0.3) is 0 Å². The van der Waals surface area contributed by atoms with Crippen molar-refractivity contribution in [3.05, 3.63) is 11.9 Å². The van der Waals surface area contributed by atoms with Crippen LogP contribution in [0.2, 0.25) is 0 Å². The lowest BCUT2D eigenvalue weighted by molar-refractivity contribution is 0.286. The van der Waals surface area contributed by atoms with E-state index in [9.17, 15) is 4.57 Å². The Kier molecular flexibility index (Phi) is 59.1. The molecule has 0 heterocycles. The normalized spacial score (nSPS) is 12.1. The van der Waals surface area contributed by atoms with E-state index in [1.807, 2.05) is 6.08 Å². The van der Waals surface area contributed by atoms with Gasteiger partial charge in [-0.1, -0.05) is 366 Å². The minimum atomic E-state index is -2.97. The van der Waals surface area contributed by atoms with E-state index < -0.39 is 7.60 Å². The predicted molar refractivity (Wildman–Crippen MR) is 300 cm³/mol. The van der Waals surface area contributed by atoms with E-state index in [2.05, 4.69) is 6.92 Å². The van der Waals surface area contributed by atoms with E-state index in [1.165, 1.54) is 367 Å². The van der Waals surface area contributed by atoms with Crippen LogP contribution in [-0.4, -0.2) is 14.2 Å². The van der Waals surface area contributed by atoms with Crippen molar-refractivity contribution < 1.29 is 13.6 Å². The van der Waals surface area contributed by atoms with E-state index >= 15 is 0 Å². The van der Waals surface area contributed by atoms with Crippen LogP contribution in [0.15, 0.2) is 11.9 Å². The van der Waals surface area contributed by atoms with Crippen LogP contribution in [-0.2, 0) is 13.6 Å². The monoisotopic (exact) mass is 949 g/mol. The fourth-order valence-corrected chi connectivity index (χ4v) is 11.1. The maximum atomic E-state index is 11.9. The molecule has 0 aliphatic heterocycles. The molecule has 0 aromatic rings. The van der Waals surface area contributed by atoms with Crippen molar-refractivity contribution in [1.29, 1.82) is 0 Å². The number of rotatable bonds is 60. The second-order valence-electron chi connectivity index (χ2n) is 21.5. The largest absolute Gasteiger partial charge is 0.353 e. The van der Waals surface area contributed by atoms with Crippen LogP contribution in [0.4, 0.5) is 0 Å². The molecule has 3 nitrogen and oxygen atoms in total. The van der Waals surface area contributed by atoms with Gasteiger partial charge in [0.1, 0.15) is 0 Å². The van der Waals surface area contributed by atoms with Crippen LogP contribution in [0.5, 0.6) is 0 Å². The molecule has 4 heteroatoms. The SMILES string of the molecule is CCCCCCCCCCCCCCCCCCCCCCCCCCCCCCCCCCCCCCCCCCCCCCCCCCCCCCCCCCC=CP(=O)(OC)OC. The predicted octanol–water partition coefficient (Wildman–Crippen LogP) is 24.2. The molecular formula is C62H125O3P. The summed E-state index contributed by atoms with van der Waals surface area (Å²) in [6.07, 6.45) is 84.7. The van der Waals surface area contributed by atoms with Crippen molar-refractivity contribution in [1.82, 2.24) is 0 Å². The zero-order chi connectivity index (χ0) is 47.6. The standard InChI is InChI=1S/C62H125O3P/c1-4-5-6-7-8-9-10-11-12-13-14-15-16-17-18-19-20-21-22-23-24-25-26-27-28-29-30-31-32-33-34-35-36-37-38-39-40-41-42-43-44-45-46-47-48-49-50-51-52-53-54-55-56-57-58-59-60-61-62-66(63,64-2)65-3/h61-62H,4-60H2,1-3H3. The Morgan fingerprint density at radius 2 is 0.379 bits per heavy atom. The van der Waals surface area contributed by atoms with Gasteiger partial charge < -0.3 is 9.05 Å². The molecule has 0 unspecified atom stereocenters. The number of hydrogen-bond acceptors (Lipinski definition) is 3. The third kappa shape index (κ3) is 56.5. The summed E-state index contributed by atoms with van der Waals surface area (Å²) in [7, 11) is -0.105. The molecule has 0 atom stereocenters. The van der Waals surface area contributed by atoms with Gasteiger partial charge in [-0.2, -0.15) is 0 Å². The van der Waals surface area contributed by atoms with E-state index in [-0.39, 0.29) is 0 Å². The van der Waals surface area contributed by atoms with Crippen molar-refractivity contribution >= 4 is 7.60 Å². The van der Waals surface area contributed by atoms with Gasteiger partial charge in [0.2, 0.25) is 0 Å².